The van der Waals surface area contributed by atoms with E-state index in [0.29, 0.717) is 0 Å². The summed E-state index contributed by atoms with van der Waals surface area (Å²) in [7, 11) is 0. The Morgan fingerprint density at radius 2 is 1.95 bits per heavy atom. The van der Waals surface area contributed by atoms with Crippen molar-refractivity contribution in [2.24, 2.45) is 11.8 Å². The Kier molecular flexibility index (Phi) is 4.48. The molecule has 0 radical (unpaired) electrons. The van der Waals surface area contributed by atoms with Crippen LogP contribution in [0, 0.1) is 18.8 Å². The van der Waals surface area contributed by atoms with Crippen molar-refractivity contribution in [1.82, 2.24) is 10.3 Å². The molecular weight excluding hydrogens is 258 g/mol. The summed E-state index contributed by atoms with van der Waals surface area (Å²) < 4.78 is 0. The standard InChI is InChI=1S/C18H29N3/c1-13(2)15-6-8-21(9-7-15)18-10-14(3)19-11-16(18)12-20-17-4-5-17/h10-11,13,15,17,20H,4-9,12H2,1-3H3. The molecule has 2 fully saturated rings. The molecule has 2 aliphatic rings. The third-order valence-corrected chi connectivity index (χ3v) is 5.08. The van der Waals surface area contributed by atoms with Crippen LogP contribution in [0.3, 0.4) is 0 Å². The van der Waals surface area contributed by atoms with Crippen molar-refractivity contribution in [2.45, 2.75) is 59.0 Å². The summed E-state index contributed by atoms with van der Waals surface area (Å²) >= 11 is 0. The molecule has 0 bridgehead atoms. The summed E-state index contributed by atoms with van der Waals surface area (Å²) in [5.41, 5.74) is 3.92. The number of hydrogen-bond donors (Lipinski definition) is 1. The Hall–Kier alpha value is -1.09. The van der Waals surface area contributed by atoms with E-state index in [1.165, 1.54) is 50.0 Å². The highest BCUT2D eigenvalue weighted by Gasteiger charge is 2.24. The van der Waals surface area contributed by atoms with Crippen molar-refractivity contribution in [2.75, 3.05) is 18.0 Å². The summed E-state index contributed by atoms with van der Waals surface area (Å²) in [4.78, 5) is 7.09. The van der Waals surface area contributed by atoms with Crippen molar-refractivity contribution in [3.8, 4) is 0 Å². The van der Waals surface area contributed by atoms with Crippen LogP contribution in [0.1, 0.15) is 50.8 Å². The van der Waals surface area contributed by atoms with Crippen LogP contribution in [0.5, 0.6) is 0 Å². The van der Waals surface area contributed by atoms with Crippen molar-refractivity contribution < 1.29 is 0 Å². The van der Waals surface area contributed by atoms with E-state index in [4.69, 9.17) is 0 Å². The van der Waals surface area contributed by atoms with E-state index in [1.807, 2.05) is 0 Å². The average molecular weight is 287 g/mol. The van der Waals surface area contributed by atoms with E-state index in [2.05, 4.69) is 48.2 Å². The van der Waals surface area contributed by atoms with Crippen LogP contribution >= 0.6 is 0 Å². The SMILES string of the molecule is Cc1cc(N2CCC(C(C)C)CC2)c(CNC2CC2)cn1. The first-order valence-electron chi connectivity index (χ1n) is 8.57. The number of hydrogen-bond acceptors (Lipinski definition) is 3. The maximum atomic E-state index is 4.51. The fourth-order valence-electron chi connectivity index (χ4n) is 3.35. The van der Waals surface area contributed by atoms with E-state index in [-0.39, 0.29) is 0 Å². The molecule has 0 amide bonds. The van der Waals surface area contributed by atoms with Crippen LogP contribution in [-0.4, -0.2) is 24.1 Å². The smallest absolute Gasteiger partial charge is 0.0445 e. The third kappa shape index (κ3) is 3.76. The van der Waals surface area contributed by atoms with E-state index in [0.717, 1.165) is 30.1 Å². The normalized spacial score (nSPS) is 20.3. The molecule has 21 heavy (non-hydrogen) atoms. The largest absolute Gasteiger partial charge is 0.371 e. The van der Waals surface area contributed by atoms with Crippen LogP contribution < -0.4 is 10.2 Å². The summed E-state index contributed by atoms with van der Waals surface area (Å²) in [6, 6.07) is 3.03. The van der Waals surface area contributed by atoms with Gasteiger partial charge in [0.15, 0.2) is 0 Å². The lowest BCUT2D eigenvalue weighted by Crippen LogP contribution is -2.36. The molecule has 1 saturated carbocycles. The third-order valence-electron chi connectivity index (χ3n) is 5.08. The number of piperidine rings is 1. The molecule has 0 aromatic carbocycles. The molecule has 1 aromatic rings. The predicted molar refractivity (Wildman–Crippen MR) is 88.6 cm³/mol. The minimum Gasteiger partial charge on any atom is -0.371 e. The molecule has 1 aliphatic heterocycles. The number of aromatic nitrogens is 1. The first-order valence-corrected chi connectivity index (χ1v) is 8.57. The first-order chi connectivity index (χ1) is 10.1. The average Bonchev–Trinajstić information content (AvgIpc) is 3.30. The summed E-state index contributed by atoms with van der Waals surface area (Å²) in [5, 5.41) is 3.63. The maximum Gasteiger partial charge on any atom is 0.0445 e. The molecule has 1 aromatic heterocycles. The Morgan fingerprint density at radius 1 is 1.24 bits per heavy atom. The Bertz CT molecular complexity index is 471. The van der Waals surface area contributed by atoms with Crippen molar-refractivity contribution in [3.63, 3.8) is 0 Å². The molecular formula is C18H29N3. The first kappa shape index (κ1) is 14.8. The molecule has 3 rings (SSSR count). The second kappa shape index (κ2) is 6.35. The van der Waals surface area contributed by atoms with Gasteiger partial charge in [0, 0.05) is 48.8 Å². The number of nitrogens with zero attached hydrogens (tertiary/aromatic N) is 2. The van der Waals surface area contributed by atoms with E-state index >= 15 is 0 Å². The van der Waals surface area contributed by atoms with Crippen LogP contribution in [-0.2, 0) is 6.54 Å². The molecule has 116 valence electrons. The molecule has 0 spiro atoms. The fourth-order valence-corrected chi connectivity index (χ4v) is 3.35. The topological polar surface area (TPSA) is 28.2 Å². The van der Waals surface area contributed by atoms with Gasteiger partial charge in [0.25, 0.3) is 0 Å². The monoisotopic (exact) mass is 287 g/mol. The molecule has 3 nitrogen and oxygen atoms in total. The number of pyridine rings is 1. The van der Waals surface area contributed by atoms with E-state index < -0.39 is 0 Å². The van der Waals surface area contributed by atoms with Crippen LogP contribution in [0.4, 0.5) is 5.69 Å². The summed E-state index contributed by atoms with van der Waals surface area (Å²) in [5.74, 6) is 1.72. The second-order valence-corrected chi connectivity index (χ2v) is 7.18. The second-order valence-electron chi connectivity index (χ2n) is 7.18. The maximum absolute atomic E-state index is 4.51. The van der Waals surface area contributed by atoms with Gasteiger partial charge < -0.3 is 10.2 Å². The minimum atomic E-state index is 0.755. The Morgan fingerprint density at radius 3 is 2.57 bits per heavy atom. The molecule has 1 saturated heterocycles. The summed E-state index contributed by atoms with van der Waals surface area (Å²) in [6.45, 7) is 10.2. The highest BCUT2D eigenvalue weighted by molar-refractivity contribution is 5.54. The highest BCUT2D eigenvalue weighted by atomic mass is 15.1. The predicted octanol–water partition coefficient (Wildman–Crippen LogP) is 3.51. The highest BCUT2D eigenvalue weighted by Crippen LogP contribution is 2.30. The molecule has 3 heteroatoms. The molecule has 0 atom stereocenters. The minimum absolute atomic E-state index is 0.755. The Balaban J connectivity index is 1.69. The summed E-state index contributed by atoms with van der Waals surface area (Å²) in [6.07, 6.45) is 7.42. The van der Waals surface area contributed by atoms with E-state index in [9.17, 15) is 0 Å². The van der Waals surface area contributed by atoms with Crippen LogP contribution in [0.15, 0.2) is 12.3 Å². The van der Waals surface area contributed by atoms with Gasteiger partial charge >= 0.3 is 0 Å². The van der Waals surface area contributed by atoms with Crippen molar-refractivity contribution in [1.29, 1.82) is 0 Å². The van der Waals surface area contributed by atoms with Gasteiger partial charge in [0.1, 0.15) is 0 Å². The van der Waals surface area contributed by atoms with Gasteiger partial charge in [-0.15, -0.1) is 0 Å². The molecule has 1 aliphatic carbocycles. The van der Waals surface area contributed by atoms with Gasteiger partial charge in [-0.05, 0) is 50.5 Å². The number of aryl methyl sites for hydroxylation is 1. The van der Waals surface area contributed by atoms with Gasteiger partial charge in [0.2, 0.25) is 0 Å². The zero-order valence-corrected chi connectivity index (χ0v) is 13.7. The lowest BCUT2D eigenvalue weighted by molar-refractivity contribution is 0.311. The molecule has 2 heterocycles. The van der Waals surface area contributed by atoms with Crippen molar-refractivity contribution >= 4 is 5.69 Å². The van der Waals surface area contributed by atoms with Crippen molar-refractivity contribution in [3.05, 3.63) is 23.5 Å². The number of anilines is 1. The van der Waals surface area contributed by atoms with E-state index in [1.54, 1.807) is 0 Å². The van der Waals surface area contributed by atoms with Gasteiger partial charge in [0.05, 0.1) is 0 Å². The zero-order chi connectivity index (χ0) is 14.8. The number of rotatable bonds is 5. The lowest BCUT2D eigenvalue weighted by Gasteiger charge is -2.36. The van der Waals surface area contributed by atoms with Crippen LogP contribution in [0.25, 0.3) is 0 Å². The van der Waals surface area contributed by atoms with Crippen LogP contribution in [0.2, 0.25) is 0 Å². The van der Waals surface area contributed by atoms with Gasteiger partial charge in [-0.2, -0.15) is 0 Å². The van der Waals surface area contributed by atoms with Gasteiger partial charge in [-0.25, -0.2) is 0 Å². The molecule has 1 N–H and O–H groups in total. The zero-order valence-electron chi connectivity index (χ0n) is 13.7. The van der Waals surface area contributed by atoms with Gasteiger partial charge in [-0.1, -0.05) is 13.8 Å². The Labute approximate surface area is 129 Å². The quantitative estimate of drug-likeness (QED) is 0.898. The molecule has 0 unspecified atom stereocenters. The number of nitrogens with one attached hydrogen (secondary N) is 1. The fraction of sp³-hybridized carbons (Fsp3) is 0.722. The lowest BCUT2D eigenvalue weighted by atomic mass is 9.86. The van der Waals surface area contributed by atoms with Gasteiger partial charge in [-0.3, -0.25) is 4.98 Å².